The van der Waals surface area contributed by atoms with E-state index in [0.29, 0.717) is 11.3 Å². The third-order valence-corrected chi connectivity index (χ3v) is 6.63. The van der Waals surface area contributed by atoms with E-state index in [2.05, 4.69) is 0 Å². The van der Waals surface area contributed by atoms with Crippen molar-refractivity contribution in [2.75, 3.05) is 7.11 Å². The summed E-state index contributed by atoms with van der Waals surface area (Å²) < 4.78 is 30.9. The Morgan fingerprint density at radius 1 is 1.00 bits per heavy atom. The van der Waals surface area contributed by atoms with E-state index < -0.39 is 26.4 Å². The minimum atomic E-state index is -3.79. The Balaban J connectivity index is 2.07. The van der Waals surface area contributed by atoms with E-state index in [1.165, 1.54) is 19.2 Å². The fraction of sp³-hybridized carbons (Fsp3) is 0.222. The average molecular weight is 338 g/mol. The summed E-state index contributed by atoms with van der Waals surface area (Å²) in [5.41, 5.74) is -0.924. The third-order valence-electron chi connectivity index (χ3n) is 4.38. The van der Waals surface area contributed by atoms with Crippen LogP contribution in [0.4, 0.5) is 0 Å². The van der Waals surface area contributed by atoms with Crippen LogP contribution in [0.1, 0.15) is 11.5 Å². The zero-order chi connectivity index (χ0) is 17.4. The minimum Gasteiger partial charge on any atom is -0.497 e. The lowest BCUT2D eigenvalue weighted by Gasteiger charge is -2.04. The molecule has 6 heteroatoms. The Hall–Kier alpha value is -2.83. The summed E-state index contributed by atoms with van der Waals surface area (Å²) in [5.74, 6) is -0.0509. The van der Waals surface area contributed by atoms with Crippen molar-refractivity contribution in [2.24, 2.45) is 5.41 Å². The minimum absolute atomic E-state index is 0.126. The molecule has 0 unspecified atom stereocenters. The molecule has 0 aromatic heterocycles. The molecule has 120 valence electrons. The van der Waals surface area contributed by atoms with Gasteiger partial charge in [-0.25, -0.2) is 8.42 Å². The van der Waals surface area contributed by atoms with E-state index >= 15 is 0 Å². The molecule has 0 spiro atoms. The van der Waals surface area contributed by atoms with Gasteiger partial charge >= 0.3 is 0 Å². The van der Waals surface area contributed by atoms with Crippen LogP contribution < -0.4 is 4.74 Å². The van der Waals surface area contributed by atoms with Crippen LogP contribution in [0, 0.1) is 28.1 Å². The first-order chi connectivity index (χ1) is 11.5. The van der Waals surface area contributed by atoms with Gasteiger partial charge in [0.2, 0.25) is 0 Å². The topological polar surface area (TPSA) is 90.9 Å². The molecule has 1 aliphatic carbocycles. The molecule has 24 heavy (non-hydrogen) atoms. The van der Waals surface area contributed by atoms with Gasteiger partial charge in [0.25, 0.3) is 0 Å². The number of ether oxygens (including phenoxy) is 1. The largest absolute Gasteiger partial charge is 0.497 e. The number of hydrogen-bond acceptors (Lipinski definition) is 5. The smallest absolute Gasteiger partial charge is 0.184 e. The van der Waals surface area contributed by atoms with Gasteiger partial charge < -0.3 is 4.74 Å². The molecule has 0 radical (unpaired) electrons. The van der Waals surface area contributed by atoms with Crippen molar-refractivity contribution in [3.8, 4) is 17.9 Å². The number of benzene rings is 2. The molecule has 0 heterocycles. The molecular formula is C18H14N2O3S. The monoisotopic (exact) mass is 338 g/mol. The normalized spacial score (nSPS) is 21.3. The van der Waals surface area contributed by atoms with E-state index in [-0.39, 0.29) is 4.90 Å². The van der Waals surface area contributed by atoms with Crippen molar-refractivity contribution in [1.29, 1.82) is 10.5 Å². The van der Waals surface area contributed by atoms with Gasteiger partial charge in [-0.3, -0.25) is 0 Å². The average Bonchev–Trinajstić information content (AvgIpc) is 3.33. The van der Waals surface area contributed by atoms with Gasteiger partial charge in [0.05, 0.1) is 24.1 Å². The van der Waals surface area contributed by atoms with Crippen LogP contribution in [-0.2, 0) is 9.84 Å². The first-order valence-corrected chi connectivity index (χ1v) is 8.81. The van der Waals surface area contributed by atoms with E-state index in [0.717, 1.165) is 0 Å². The van der Waals surface area contributed by atoms with E-state index in [4.69, 9.17) is 4.74 Å². The van der Waals surface area contributed by atoms with Crippen LogP contribution in [0.25, 0.3) is 0 Å². The van der Waals surface area contributed by atoms with Gasteiger partial charge in [-0.05, 0) is 29.8 Å². The number of nitriles is 2. The van der Waals surface area contributed by atoms with Crippen LogP contribution in [0.3, 0.4) is 0 Å². The summed E-state index contributed by atoms with van der Waals surface area (Å²) >= 11 is 0. The summed E-state index contributed by atoms with van der Waals surface area (Å²) in [6, 6.07) is 18.6. The maximum atomic E-state index is 12.9. The molecule has 1 fully saturated rings. The fourth-order valence-corrected chi connectivity index (χ4v) is 5.30. The molecule has 5 nitrogen and oxygen atoms in total. The molecule has 0 aliphatic heterocycles. The van der Waals surface area contributed by atoms with Gasteiger partial charge in [0, 0.05) is 5.92 Å². The second-order valence-corrected chi connectivity index (χ2v) is 7.69. The van der Waals surface area contributed by atoms with Crippen LogP contribution in [0.15, 0.2) is 59.5 Å². The fourth-order valence-electron chi connectivity index (χ4n) is 3.08. The van der Waals surface area contributed by atoms with Crippen molar-refractivity contribution in [1.82, 2.24) is 0 Å². The second kappa shape index (κ2) is 5.67. The standard InChI is InChI=1S/C18H14N2O3S/c1-23-14-9-7-13(8-10-14)16-17(18(16,11-19)12-20)24(21,22)15-5-3-2-4-6-15/h2-10,16-17H,1H3/t16-,17-/m1/s1. The van der Waals surface area contributed by atoms with Crippen molar-refractivity contribution in [2.45, 2.75) is 16.1 Å². The van der Waals surface area contributed by atoms with Crippen LogP contribution in [-0.4, -0.2) is 20.8 Å². The SMILES string of the molecule is COc1ccc([C@@H]2[C@@H](S(=O)(=O)c3ccccc3)C2(C#N)C#N)cc1. The van der Waals surface area contributed by atoms with E-state index in [1.54, 1.807) is 42.5 Å². The first-order valence-electron chi connectivity index (χ1n) is 7.26. The summed E-state index contributed by atoms with van der Waals surface area (Å²) in [6.07, 6.45) is 0. The predicted molar refractivity (Wildman–Crippen MR) is 86.8 cm³/mol. The van der Waals surface area contributed by atoms with Crippen molar-refractivity contribution >= 4 is 9.84 Å². The maximum Gasteiger partial charge on any atom is 0.184 e. The molecule has 2 aromatic rings. The Morgan fingerprint density at radius 3 is 2.08 bits per heavy atom. The quantitative estimate of drug-likeness (QED) is 0.855. The van der Waals surface area contributed by atoms with E-state index in [9.17, 15) is 18.9 Å². The predicted octanol–water partition coefficient (Wildman–Crippen LogP) is 2.67. The molecule has 0 N–H and O–H groups in total. The zero-order valence-corrected chi connectivity index (χ0v) is 13.7. The third kappa shape index (κ3) is 2.24. The van der Waals surface area contributed by atoms with Crippen LogP contribution in [0.5, 0.6) is 5.75 Å². The lowest BCUT2D eigenvalue weighted by Crippen LogP contribution is -2.14. The summed E-state index contributed by atoms with van der Waals surface area (Å²) in [7, 11) is -2.26. The van der Waals surface area contributed by atoms with Gasteiger partial charge in [-0.1, -0.05) is 30.3 Å². The maximum absolute atomic E-state index is 12.9. The van der Waals surface area contributed by atoms with Crippen molar-refractivity contribution < 1.29 is 13.2 Å². The second-order valence-electron chi connectivity index (χ2n) is 5.62. The lowest BCUT2D eigenvalue weighted by molar-refractivity contribution is 0.414. The Bertz CT molecular complexity index is 924. The highest BCUT2D eigenvalue weighted by Crippen LogP contribution is 2.63. The molecule has 1 saturated carbocycles. The van der Waals surface area contributed by atoms with Gasteiger partial charge in [0.15, 0.2) is 15.3 Å². The summed E-state index contributed by atoms with van der Waals surface area (Å²) in [5, 5.41) is 17.9. The number of sulfone groups is 1. The zero-order valence-electron chi connectivity index (χ0n) is 12.9. The van der Waals surface area contributed by atoms with Crippen LogP contribution >= 0.6 is 0 Å². The number of rotatable bonds is 4. The number of hydrogen-bond donors (Lipinski definition) is 0. The molecule has 3 rings (SSSR count). The van der Waals surface area contributed by atoms with Crippen LogP contribution in [0.2, 0.25) is 0 Å². The molecule has 1 aliphatic rings. The Kier molecular flexibility index (Phi) is 3.79. The highest BCUT2D eigenvalue weighted by atomic mass is 32.2. The molecular weight excluding hydrogens is 324 g/mol. The molecule has 0 saturated heterocycles. The highest BCUT2D eigenvalue weighted by molar-refractivity contribution is 7.92. The van der Waals surface area contributed by atoms with Crippen molar-refractivity contribution in [3.63, 3.8) is 0 Å². The van der Waals surface area contributed by atoms with Gasteiger partial charge in [-0.15, -0.1) is 0 Å². The van der Waals surface area contributed by atoms with E-state index in [1.807, 2.05) is 12.1 Å². The first kappa shape index (κ1) is 16.0. The Morgan fingerprint density at radius 2 is 1.58 bits per heavy atom. The summed E-state index contributed by atoms with van der Waals surface area (Å²) in [4.78, 5) is 0.126. The van der Waals surface area contributed by atoms with Gasteiger partial charge in [0.1, 0.15) is 11.0 Å². The molecule has 0 bridgehead atoms. The van der Waals surface area contributed by atoms with Crippen molar-refractivity contribution in [3.05, 3.63) is 60.2 Å². The summed E-state index contributed by atoms with van der Waals surface area (Å²) in [6.45, 7) is 0. The highest BCUT2D eigenvalue weighted by Gasteiger charge is 2.73. The molecule has 0 amide bonds. The lowest BCUT2D eigenvalue weighted by atomic mass is 10.0. The number of nitrogens with zero attached hydrogens (tertiary/aromatic N) is 2. The van der Waals surface area contributed by atoms with Gasteiger partial charge in [-0.2, -0.15) is 10.5 Å². The molecule has 2 atom stereocenters. The molecule has 2 aromatic carbocycles. The number of methoxy groups -OCH3 is 1. The Labute approximate surface area is 140 Å².